The summed E-state index contributed by atoms with van der Waals surface area (Å²) in [6.07, 6.45) is 0. The molecule has 0 saturated heterocycles. The molecule has 0 bridgehead atoms. The molecular formula is C12H17N3O. The van der Waals surface area contributed by atoms with Crippen LogP contribution < -0.4 is 5.73 Å². The molecule has 4 nitrogen and oxygen atoms in total. The predicted molar refractivity (Wildman–Crippen MR) is 64.3 cm³/mol. The fourth-order valence-corrected chi connectivity index (χ4v) is 2.26. The van der Waals surface area contributed by atoms with Crippen LogP contribution in [0, 0.1) is 0 Å². The molecule has 1 heterocycles. The molecule has 1 aliphatic heterocycles. The van der Waals surface area contributed by atoms with Gasteiger partial charge in [0.05, 0.1) is 12.1 Å². The number of hydrogen-bond donors (Lipinski definition) is 2. The average molecular weight is 219 g/mol. The van der Waals surface area contributed by atoms with Crippen LogP contribution in [-0.2, 0) is 5.54 Å². The molecule has 0 radical (unpaired) electrons. The summed E-state index contributed by atoms with van der Waals surface area (Å²) in [5, 5.41) is 9.53. The van der Waals surface area contributed by atoms with Gasteiger partial charge in [-0.05, 0) is 31.5 Å². The molecule has 1 unspecified atom stereocenters. The Hall–Kier alpha value is -1.71. The Morgan fingerprint density at radius 1 is 1.56 bits per heavy atom. The van der Waals surface area contributed by atoms with Crippen molar-refractivity contribution < 1.29 is 5.11 Å². The Morgan fingerprint density at radius 3 is 2.94 bits per heavy atom. The van der Waals surface area contributed by atoms with Gasteiger partial charge in [-0.1, -0.05) is 12.1 Å². The lowest BCUT2D eigenvalue weighted by Crippen LogP contribution is -2.47. The molecule has 0 aromatic heterocycles. The van der Waals surface area contributed by atoms with Crippen LogP contribution in [0.4, 0.5) is 0 Å². The van der Waals surface area contributed by atoms with E-state index in [2.05, 4.69) is 23.7 Å². The average Bonchev–Trinajstić information content (AvgIpc) is 2.56. The van der Waals surface area contributed by atoms with Crippen molar-refractivity contribution >= 4 is 5.96 Å². The summed E-state index contributed by atoms with van der Waals surface area (Å²) in [4.78, 5) is 6.34. The van der Waals surface area contributed by atoms with Crippen molar-refractivity contribution in [3.63, 3.8) is 0 Å². The molecule has 0 amide bonds. The van der Waals surface area contributed by atoms with Crippen molar-refractivity contribution in [1.29, 1.82) is 0 Å². The SMILES string of the molecule is CCN1C(N)=NCC1(C)c1cccc(O)c1. The molecule has 4 heteroatoms. The highest BCUT2D eigenvalue weighted by molar-refractivity contribution is 5.81. The smallest absolute Gasteiger partial charge is 0.192 e. The largest absolute Gasteiger partial charge is 0.508 e. The quantitative estimate of drug-likeness (QED) is 0.787. The first-order chi connectivity index (χ1) is 7.58. The first-order valence-electron chi connectivity index (χ1n) is 5.45. The lowest BCUT2D eigenvalue weighted by Gasteiger charge is -2.35. The van der Waals surface area contributed by atoms with E-state index in [0.717, 1.165) is 12.1 Å². The van der Waals surface area contributed by atoms with Crippen molar-refractivity contribution in [1.82, 2.24) is 4.90 Å². The van der Waals surface area contributed by atoms with Crippen molar-refractivity contribution in [2.75, 3.05) is 13.1 Å². The van der Waals surface area contributed by atoms with Gasteiger partial charge in [0.25, 0.3) is 0 Å². The van der Waals surface area contributed by atoms with Crippen LogP contribution in [-0.4, -0.2) is 29.1 Å². The van der Waals surface area contributed by atoms with E-state index in [0.29, 0.717) is 12.5 Å². The second kappa shape index (κ2) is 3.70. The van der Waals surface area contributed by atoms with Crippen LogP contribution >= 0.6 is 0 Å². The molecule has 1 aromatic carbocycles. The van der Waals surface area contributed by atoms with Gasteiger partial charge in [0.15, 0.2) is 5.96 Å². The molecule has 1 aromatic rings. The maximum atomic E-state index is 9.53. The monoisotopic (exact) mass is 219 g/mol. The number of guanidine groups is 1. The first kappa shape index (κ1) is 10.8. The van der Waals surface area contributed by atoms with Gasteiger partial charge in [-0.15, -0.1) is 0 Å². The summed E-state index contributed by atoms with van der Waals surface area (Å²) >= 11 is 0. The highest BCUT2D eigenvalue weighted by Gasteiger charge is 2.38. The lowest BCUT2D eigenvalue weighted by molar-refractivity contribution is 0.234. The lowest BCUT2D eigenvalue weighted by atomic mass is 9.91. The number of hydrogen-bond acceptors (Lipinski definition) is 4. The summed E-state index contributed by atoms with van der Waals surface area (Å²) in [6.45, 7) is 5.58. The van der Waals surface area contributed by atoms with E-state index < -0.39 is 0 Å². The molecule has 0 aliphatic carbocycles. The summed E-state index contributed by atoms with van der Waals surface area (Å²) in [5.41, 5.74) is 6.66. The number of aromatic hydroxyl groups is 1. The van der Waals surface area contributed by atoms with Crippen LogP contribution in [0.15, 0.2) is 29.3 Å². The standard InChI is InChI=1S/C12H17N3O/c1-3-15-11(13)14-8-12(15,2)9-5-4-6-10(16)7-9/h4-7,16H,3,8H2,1-2H3,(H2,13,14). The molecule has 2 rings (SSSR count). The van der Waals surface area contributed by atoms with Crippen LogP contribution in [0.2, 0.25) is 0 Å². The van der Waals surface area contributed by atoms with Gasteiger partial charge >= 0.3 is 0 Å². The number of phenols is 1. The molecule has 1 atom stereocenters. The zero-order valence-electron chi connectivity index (χ0n) is 9.64. The maximum Gasteiger partial charge on any atom is 0.192 e. The Kier molecular flexibility index (Phi) is 2.50. The third-order valence-corrected chi connectivity index (χ3v) is 3.21. The second-order valence-corrected chi connectivity index (χ2v) is 4.24. The Bertz CT molecular complexity index is 430. The summed E-state index contributed by atoms with van der Waals surface area (Å²) in [6, 6.07) is 7.29. The Labute approximate surface area is 95.4 Å². The summed E-state index contributed by atoms with van der Waals surface area (Å²) < 4.78 is 0. The first-order valence-corrected chi connectivity index (χ1v) is 5.45. The van der Waals surface area contributed by atoms with Crippen molar-refractivity contribution in [2.45, 2.75) is 19.4 Å². The highest BCUT2D eigenvalue weighted by atomic mass is 16.3. The number of benzene rings is 1. The van der Waals surface area contributed by atoms with Gasteiger partial charge < -0.3 is 15.7 Å². The zero-order chi connectivity index (χ0) is 11.8. The second-order valence-electron chi connectivity index (χ2n) is 4.24. The topological polar surface area (TPSA) is 61.8 Å². The van der Waals surface area contributed by atoms with Crippen LogP contribution in [0.5, 0.6) is 5.75 Å². The molecule has 1 aliphatic rings. The van der Waals surface area contributed by atoms with E-state index in [-0.39, 0.29) is 11.3 Å². The molecule has 16 heavy (non-hydrogen) atoms. The molecule has 0 fully saturated rings. The molecule has 3 N–H and O–H groups in total. The normalized spacial score (nSPS) is 24.6. The third-order valence-electron chi connectivity index (χ3n) is 3.21. The number of phenolic OH excluding ortho intramolecular Hbond substituents is 1. The van der Waals surface area contributed by atoms with Gasteiger partial charge in [-0.3, -0.25) is 4.99 Å². The van der Waals surface area contributed by atoms with Crippen molar-refractivity contribution in [3.05, 3.63) is 29.8 Å². The summed E-state index contributed by atoms with van der Waals surface area (Å²) in [5.74, 6) is 0.855. The molecular weight excluding hydrogens is 202 g/mol. The van der Waals surface area contributed by atoms with Gasteiger partial charge in [-0.2, -0.15) is 0 Å². The van der Waals surface area contributed by atoms with Crippen molar-refractivity contribution in [2.24, 2.45) is 10.7 Å². The van der Waals surface area contributed by atoms with Gasteiger partial charge in [0, 0.05) is 6.54 Å². The minimum absolute atomic E-state index is 0.239. The number of nitrogens with zero attached hydrogens (tertiary/aromatic N) is 2. The fourth-order valence-electron chi connectivity index (χ4n) is 2.26. The molecule has 86 valence electrons. The molecule has 0 spiro atoms. The van der Waals surface area contributed by atoms with Crippen molar-refractivity contribution in [3.8, 4) is 5.75 Å². The van der Waals surface area contributed by atoms with E-state index in [1.807, 2.05) is 12.1 Å². The minimum Gasteiger partial charge on any atom is -0.508 e. The minimum atomic E-state index is -0.239. The van der Waals surface area contributed by atoms with E-state index >= 15 is 0 Å². The third kappa shape index (κ3) is 1.50. The van der Waals surface area contributed by atoms with Gasteiger partial charge in [-0.25, -0.2) is 0 Å². The van der Waals surface area contributed by atoms with E-state index in [1.165, 1.54) is 0 Å². The Morgan fingerprint density at radius 2 is 2.31 bits per heavy atom. The number of nitrogens with two attached hydrogens (primary N) is 1. The van der Waals surface area contributed by atoms with Gasteiger partial charge in [0.1, 0.15) is 5.75 Å². The van der Waals surface area contributed by atoms with Gasteiger partial charge in [0.2, 0.25) is 0 Å². The van der Waals surface area contributed by atoms with E-state index in [1.54, 1.807) is 12.1 Å². The van der Waals surface area contributed by atoms with E-state index in [9.17, 15) is 5.11 Å². The summed E-state index contributed by atoms with van der Waals surface area (Å²) in [7, 11) is 0. The van der Waals surface area contributed by atoms with Crippen LogP contribution in [0.25, 0.3) is 0 Å². The number of aliphatic imine (C=N–C) groups is 1. The van der Waals surface area contributed by atoms with Crippen LogP contribution in [0.1, 0.15) is 19.4 Å². The number of likely N-dealkylation sites (N-methyl/N-ethyl adjacent to an activating group) is 1. The van der Waals surface area contributed by atoms with E-state index in [4.69, 9.17) is 5.73 Å². The fraction of sp³-hybridized carbons (Fsp3) is 0.417. The Balaban J connectivity index is 2.40. The zero-order valence-corrected chi connectivity index (χ0v) is 9.64. The number of rotatable bonds is 2. The van der Waals surface area contributed by atoms with Crippen LogP contribution in [0.3, 0.4) is 0 Å². The maximum absolute atomic E-state index is 9.53. The predicted octanol–water partition coefficient (Wildman–Crippen LogP) is 1.26. The highest BCUT2D eigenvalue weighted by Crippen LogP contribution is 2.33. The molecule has 0 saturated carbocycles.